The topological polar surface area (TPSA) is 60.8 Å². The van der Waals surface area contributed by atoms with Crippen LogP contribution in [0.15, 0.2) is 12.7 Å². The van der Waals surface area contributed by atoms with E-state index in [0.29, 0.717) is 19.4 Å². The third-order valence-electron chi connectivity index (χ3n) is 2.33. The van der Waals surface area contributed by atoms with Gasteiger partial charge in [0.15, 0.2) is 0 Å². The Morgan fingerprint density at radius 2 is 2.42 bits per heavy atom. The van der Waals surface area contributed by atoms with Gasteiger partial charge in [0.25, 0.3) is 0 Å². The molecule has 1 atom stereocenters. The molecule has 0 aromatic heterocycles. The summed E-state index contributed by atoms with van der Waals surface area (Å²) < 4.78 is 0. The van der Waals surface area contributed by atoms with Gasteiger partial charge < -0.3 is 10.3 Å². The fourth-order valence-corrected chi connectivity index (χ4v) is 1.62. The summed E-state index contributed by atoms with van der Waals surface area (Å²) >= 11 is 0. The number of hydroxylamine groups is 2. The monoisotopic (exact) mass is 171 g/mol. The molecule has 0 spiro atoms. The summed E-state index contributed by atoms with van der Waals surface area (Å²) in [5.41, 5.74) is -1.11. The van der Waals surface area contributed by atoms with Crippen molar-refractivity contribution in [1.29, 1.82) is 0 Å². The lowest BCUT2D eigenvalue weighted by Gasteiger charge is -2.28. The summed E-state index contributed by atoms with van der Waals surface area (Å²) in [6.07, 6.45) is 3.03. The molecule has 0 aromatic rings. The van der Waals surface area contributed by atoms with Gasteiger partial charge in [-0.15, -0.1) is 6.58 Å². The first-order chi connectivity index (χ1) is 5.63. The van der Waals surface area contributed by atoms with Crippen molar-refractivity contribution in [2.45, 2.75) is 24.8 Å². The molecule has 0 amide bonds. The Kier molecular flexibility index (Phi) is 2.49. The average molecular weight is 171 g/mol. The SMILES string of the molecule is C=CCC1(C(=O)O)CCCN1O. The molecule has 0 aliphatic carbocycles. The first-order valence-electron chi connectivity index (χ1n) is 3.94. The molecule has 1 aliphatic rings. The number of carboxylic acids is 1. The number of hydrogen-bond acceptors (Lipinski definition) is 3. The number of rotatable bonds is 3. The van der Waals surface area contributed by atoms with E-state index in [1.165, 1.54) is 6.08 Å². The summed E-state index contributed by atoms with van der Waals surface area (Å²) in [5, 5.41) is 19.2. The molecule has 2 N–H and O–H groups in total. The maximum Gasteiger partial charge on any atom is 0.326 e. The van der Waals surface area contributed by atoms with Gasteiger partial charge in [0.2, 0.25) is 0 Å². The smallest absolute Gasteiger partial charge is 0.326 e. The second kappa shape index (κ2) is 3.25. The van der Waals surface area contributed by atoms with Crippen LogP contribution in [-0.4, -0.2) is 33.4 Å². The van der Waals surface area contributed by atoms with E-state index in [4.69, 9.17) is 5.11 Å². The van der Waals surface area contributed by atoms with E-state index in [9.17, 15) is 10.0 Å². The number of aliphatic carboxylic acids is 1. The molecule has 4 heteroatoms. The predicted octanol–water partition coefficient (Wildman–Crippen LogP) is 0.871. The van der Waals surface area contributed by atoms with Gasteiger partial charge in [0.05, 0.1) is 0 Å². The second-order valence-corrected chi connectivity index (χ2v) is 3.06. The molecule has 68 valence electrons. The summed E-state index contributed by atoms with van der Waals surface area (Å²) in [5.74, 6) is -0.970. The molecule has 1 fully saturated rings. The van der Waals surface area contributed by atoms with Crippen LogP contribution >= 0.6 is 0 Å². The fourth-order valence-electron chi connectivity index (χ4n) is 1.62. The van der Waals surface area contributed by atoms with E-state index in [2.05, 4.69) is 6.58 Å². The molecular weight excluding hydrogens is 158 g/mol. The fraction of sp³-hybridized carbons (Fsp3) is 0.625. The largest absolute Gasteiger partial charge is 0.480 e. The van der Waals surface area contributed by atoms with E-state index in [0.717, 1.165) is 11.5 Å². The van der Waals surface area contributed by atoms with Crippen LogP contribution in [0.4, 0.5) is 0 Å². The molecule has 0 radical (unpaired) electrons. The third kappa shape index (κ3) is 1.23. The Morgan fingerprint density at radius 3 is 2.75 bits per heavy atom. The van der Waals surface area contributed by atoms with Gasteiger partial charge in [-0.2, -0.15) is 5.06 Å². The average Bonchev–Trinajstić information content (AvgIpc) is 2.34. The van der Waals surface area contributed by atoms with Gasteiger partial charge in [-0.3, -0.25) is 4.79 Å². The van der Waals surface area contributed by atoms with Gasteiger partial charge in [0, 0.05) is 6.54 Å². The number of nitrogens with zero attached hydrogens (tertiary/aromatic N) is 1. The van der Waals surface area contributed by atoms with Crippen LogP contribution in [0, 0.1) is 0 Å². The zero-order chi connectivity index (χ0) is 9.19. The summed E-state index contributed by atoms with van der Waals surface area (Å²) in [6, 6.07) is 0. The van der Waals surface area contributed by atoms with Crippen LogP contribution < -0.4 is 0 Å². The number of carbonyl (C=O) groups is 1. The van der Waals surface area contributed by atoms with E-state index in [1.54, 1.807) is 0 Å². The third-order valence-corrected chi connectivity index (χ3v) is 2.33. The zero-order valence-corrected chi connectivity index (χ0v) is 6.86. The van der Waals surface area contributed by atoms with Gasteiger partial charge in [0.1, 0.15) is 5.54 Å². The van der Waals surface area contributed by atoms with Crippen LogP contribution in [0.25, 0.3) is 0 Å². The Labute approximate surface area is 71.1 Å². The highest BCUT2D eigenvalue weighted by atomic mass is 16.5. The van der Waals surface area contributed by atoms with Gasteiger partial charge in [-0.1, -0.05) is 6.08 Å². The molecule has 0 saturated carbocycles. The summed E-state index contributed by atoms with van der Waals surface area (Å²) in [7, 11) is 0. The first-order valence-corrected chi connectivity index (χ1v) is 3.94. The molecule has 4 nitrogen and oxygen atoms in total. The Bertz CT molecular complexity index is 204. The molecular formula is C8H13NO3. The van der Waals surface area contributed by atoms with E-state index >= 15 is 0 Å². The standard InChI is InChI=1S/C8H13NO3/c1-2-4-8(7(10)11)5-3-6-9(8)12/h2,12H,1,3-6H2,(H,10,11). The predicted molar refractivity (Wildman–Crippen MR) is 42.9 cm³/mol. The van der Waals surface area contributed by atoms with Crippen LogP contribution in [0.3, 0.4) is 0 Å². The minimum absolute atomic E-state index is 0.291. The van der Waals surface area contributed by atoms with Crippen molar-refractivity contribution in [2.75, 3.05) is 6.54 Å². The molecule has 0 aromatic carbocycles. The Morgan fingerprint density at radius 1 is 1.75 bits per heavy atom. The second-order valence-electron chi connectivity index (χ2n) is 3.06. The van der Waals surface area contributed by atoms with E-state index in [1.807, 2.05) is 0 Å². The molecule has 1 rings (SSSR count). The van der Waals surface area contributed by atoms with Gasteiger partial charge in [-0.25, -0.2) is 0 Å². The molecule has 12 heavy (non-hydrogen) atoms. The molecule has 1 heterocycles. The normalized spacial score (nSPS) is 30.4. The lowest BCUT2D eigenvalue weighted by Crippen LogP contribution is -2.48. The van der Waals surface area contributed by atoms with Crippen LogP contribution in [0.2, 0.25) is 0 Å². The summed E-state index contributed by atoms with van der Waals surface area (Å²) in [6.45, 7) is 3.92. The molecule has 1 saturated heterocycles. The van der Waals surface area contributed by atoms with Crippen LogP contribution in [0.5, 0.6) is 0 Å². The quantitative estimate of drug-likeness (QED) is 0.618. The van der Waals surface area contributed by atoms with Crippen molar-refractivity contribution in [3.05, 3.63) is 12.7 Å². The molecule has 1 unspecified atom stereocenters. The van der Waals surface area contributed by atoms with Crippen LogP contribution in [0.1, 0.15) is 19.3 Å². The highest BCUT2D eigenvalue weighted by Gasteiger charge is 2.46. The summed E-state index contributed by atoms with van der Waals surface area (Å²) in [4.78, 5) is 10.9. The molecule has 1 aliphatic heterocycles. The first kappa shape index (κ1) is 9.22. The minimum atomic E-state index is -1.11. The number of hydrogen-bond donors (Lipinski definition) is 2. The van der Waals surface area contributed by atoms with E-state index < -0.39 is 11.5 Å². The highest BCUT2D eigenvalue weighted by Crippen LogP contribution is 2.31. The van der Waals surface area contributed by atoms with Crippen molar-refractivity contribution >= 4 is 5.97 Å². The van der Waals surface area contributed by atoms with Crippen LogP contribution in [-0.2, 0) is 4.79 Å². The molecule has 0 bridgehead atoms. The van der Waals surface area contributed by atoms with Crippen molar-refractivity contribution in [3.63, 3.8) is 0 Å². The van der Waals surface area contributed by atoms with Crippen molar-refractivity contribution in [2.24, 2.45) is 0 Å². The van der Waals surface area contributed by atoms with Crippen molar-refractivity contribution < 1.29 is 15.1 Å². The van der Waals surface area contributed by atoms with E-state index in [-0.39, 0.29) is 0 Å². The lowest BCUT2D eigenvalue weighted by molar-refractivity contribution is -0.183. The van der Waals surface area contributed by atoms with Crippen molar-refractivity contribution in [1.82, 2.24) is 5.06 Å². The zero-order valence-electron chi connectivity index (χ0n) is 6.86. The van der Waals surface area contributed by atoms with Gasteiger partial charge in [-0.05, 0) is 19.3 Å². The Hall–Kier alpha value is -0.870. The lowest BCUT2D eigenvalue weighted by atomic mass is 9.93. The van der Waals surface area contributed by atoms with Crippen molar-refractivity contribution in [3.8, 4) is 0 Å². The minimum Gasteiger partial charge on any atom is -0.480 e. The van der Waals surface area contributed by atoms with Gasteiger partial charge >= 0.3 is 5.97 Å². The number of carboxylic acid groups (broad SMARTS) is 1. The maximum atomic E-state index is 10.9. The Balaban J connectivity index is 2.84. The highest BCUT2D eigenvalue weighted by molar-refractivity contribution is 5.79. The maximum absolute atomic E-state index is 10.9.